The van der Waals surface area contributed by atoms with Gasteiger partial charge in [-0.15, -0.1) is 0 Å². The molecule has 6 rings (SSSR count). The van der Waals surface area contributed by atoms with Gasteiger partial charge in [-0.05, 0) is 55.9 Å². The molecule has 1 fully saturated rings. The van der Waals surface area contributed by atoms with E-state index in [2.05, 4.69) is 47.7 Å². The molecule has 0 unspecified atom stereocenters. The number of aromatic nitrogens is 3. The molecule has 3 heterocycles. The van der Waals surface area contributed by atoms with Gasteiger partial charge >= 0.3 is 6.03 Å². The van der Waals surface area contributed by atoms with Crippen LogP contribution in [0.1, 0.15) is 6.42 Å². The number of methoxy groups -OCH3 is 2. The maximum atomic E-state index is 12.6. The minimum atomic E-state index is -0.432. The van der Waals surface area contributed by atoms with Gasteiger partial charge in [0.05, 0.1) is 41.6 Å². The number of urea groups is 1. The zero-order valence-corrected chi connectivity index (χ0v) is 27.4. The summed E-state index contributed by atoms with van der Waals surface area (Å²) in [6.07, 6.45) is 2.46. The van der Waals surface area contributed by atoms with Crippen molar-refractivity contribution < 1.29 is 19.0 Å². The molecule has 0 spiro atoms. The molecule has 3 aromatic carbocycles. The summed E-state index contributed by atoms with van der Waals surface area (Å²) in [6.45, 7) is 5.99. The van der Waals surface area contributed by atoms with E-state index in [9.17, 15) is 4.79 Å². The monoisotopic (exact) mass is 662 g/mol. The number of rotatable bonds is 11. The number of amides is 2. The Hall–Kier alpha value is -4.43. The molecule has 0 atom stereocenters. The number of ether oxygens (including phenoxy) is 3. The predicted molar refractivity (Wildman–Crippen MR) is 184 cm³/mol. The third-order valence-corrected chi connectivity index (χ3v) is 8.90. The molecule has 1 aliphatic heterocycles. The zero-order valence-electron chi connectivity index (χ0n) is 25.8. The second kappa shape index (κ2) is 14.3. The van der Waals surface area contributed by atoms with Gasteiger partial charge < -0.3 is 34.6 Å². The van der Waals surface area contributed by atoms with Gasteiger partial charge in [-0.3, -0.25) is 5.32 Å². The number of thiazole rings is 1. The summed E-state index contributed by atoms with van der Waals surface area (Å²) in [6, 6.07) is 14.1. The van der Waals surface area contributed by atoms with Crippen LogP contribution in [0.3, 0.4) is 0 Å². The smallest absolute Gasteiger partial charge is 0.325 e. The molecule has 240 valence electrons. The average molecular weight is 663 g/mol. The van der Waals surface area contributed by atoms with Crippen LogP contribution in [0.15, 0.2) is 54.9 Å². The van der Waals surface area contributed by atoms with E-state index in [-0.39, 0.29) is 0 Å². The minimum absolute atomic E-state index is 0.399. The van der Waals surface area contributed by atoms with Gasteiger partial charge in [0.15, 0.2) is 16.6 Å². The van der Waals surface area contributed by atoms with Crippen molar-refractivity contribution in [3.63, 3.8) is 0 Å². The molecule has 46 heavy (non-hydrogen) atoms. The Balaban J connectivity index is 1.11. The number of anilines is 4. The van der Waals surface area contributed by atoms with E-state index < -0.39 is 6.03 Å². The zero-order chi connectivity index (χ0) is 32.0. The highest BCUT2D eigenvalue weighted by Gasteiger charge is 2.16. The second-order valence-corrected chi connectivity index (χ2v) is 12.3. The number of hydrogen-bond donors (Lipinski definition) is 3. The first-order valence-electron chi connectivity index (χ1n) is 14.8. The molecule has 12 nitrogen and oxygen atoms in total. The Morgan fingerprint density at radius 2 is 1.72 bits per heavy atom. The largest absolute Gasteiger partial charge is 0.495 e. The fourth-order valence-electron chi connectivity index (χ4n) is 5.17. The van der Waals surface area contributed by atoms with Gasteiger partial charge in [0.2, 0.25) is 0 Å². The maximum absolute atomic E-state index is 12.6. The van der Waals surface area contributed by atoms with Crippen LogP contribution in [0.5, 0.6) is 17.2 Å². The fourth-order valence-corrected chi connectivity index (χ4v) is 6.33. The number of piperazine rings is 1. The summed E-state index contributed by atoms with van der Waals surface area (Å²) < 4.78 is 17.9. The van der Waals surface area contributed by atoms with Gasteiger partial charge in [-0.2, -0.15) is 0 Å². The van der Waals surface area contributed by atoms with Crippen LogP contribution in [-0.4, -0.2) is 91.4 Å². The Kier molecular flexibility index (Phi) is 9.83. The standard InChI is InChI=1S/C32H35ClN8O4S/c1-40-10-12-41(13-11-40)9-4-14-45-28-18-25-22(17-27(28)44-3)30(35-19-34-25)36-21-5-7-24-29(16-21)46-32(38-24)39-31(42)37-20-6-8-26(43-2)23(33)15-20/h5-8,15-19H,4,9-14H2,1-3H3,(H,34,35,36)(H2,37,38,39,42). The van der Waals surface area contributed by atoms with Gasteiger partial charge in [-0.1, -0.05) is 22.9 Å². The van der Waals surface area contributed by atoms with Crippen LogP contribution in [0.4, 0.5) is 27.1 Å². The van der Waals surface area contributed by atoms with Gasteiger partial charge in [-0.25, -0.2) is 19.7 Å². The summed E-state index contributed by atoms with van der Waals surface area (Å²) in [5.74, 6) is 2.43. The van der Waals surface area contributed by atoms with Crippen molar-refractivity contribution in [2.45, 2.75) is 6.42 Å². The Labute approximate surface area is 275 Å². The molecule has 14 heteroatoms. The fraction of sp³-hybridized carbons (Fsp3) is 0.312. The quantitative estimate of drug-likeness (QED) is 0.138. The first kappa shape index (κ1) is 31.5. The Bertz CT molecular complexity index is 1850. The van der Waals surface area contributed by atoms with E-state index in [1.807, 2.05) is 30.3 Å². The van der Waals surface area contributed by atoms with Crippen molar-refractivity contribution in [2.75, 3.05) is 76.5 Å². The van der Waals surface area contributed by atoms with Crippen LogP contribution >= 0.6 is 22.9 Å². The molecular weight excluding hydrogens is 628 g/mol. The van der Waals surface area contributed by atoms with Gasteiger partial charge in [0.1, 0.15) is 17.9 Å². The normalized spacial score (nSPS) is 13.9. The first-order chi connectivity index (χ1) is 22.4. The lowest BCUT2D eigenvalue weighted by Crippen LogP contribution is -2.44. The Morgan fingerprint density at radius 3 is 2.50 bits per heavy atom. The topological polar surface area (TPSA) is 126 Å². The first-order valence-corrected chi connectivity index (χ1v) is 16.0. The molecule has 0 radical (unpaired) electrons. The number of nitrogens with one attached hydrogen (secondary N) is 3. The molecule has 2 amide bonds. The third-order valence-electron chi connectivity index (χ3n) is 7.67. The van der Waals surface area contributed by atoms with E-state index in [1.165, 1.54) is 24.8 Å². The molecule has 0 bridgehead atoms. The number of carbonyl (C=O) groups is 1. The van der Waals surface area contributed by atoms with E-state index in [4.69, 9.17) is 25.8 Å². The highest BCUT2D eigenvalue weighted by molar-refractivity contribution is 7.22. The van der Waals surface area contributed by atoms with Crippen molar-refractivity contribution in [3.8, 4) is 17.2 Å². The third kappa shape index (κ3) is 7.50. The molecular formula is C32H35ClN8O4S. The molecule has 1 saturated heterocycles. The lowest BCUT2D eigenvalue weighted by atomic mass is 10.2. The van der Waals surface area contributed by atoms with Crippen LogP contribution in [-0.2, 0) is 0 Å². The van der Waals surface area contributed by atoms with Crippen molar-refractivity contribution in [1.29, 1.82) is 0 Å². The number of likely N-dealkylation sites (N-methyl/N-ethyl adjacent to an activating group) is 1. The van der Waals surface area contributed by atoms with Gasteiger partial charge in [0.25, 0.3) is 0 Å². The second-order valence-electron chi connectivity index (χ2n) is 10.8. The molecule has 3 N–H and O–H groups in total. The minimum Gasteiger partial charge on any atom is -0.495 e. The maximum Gasteiger partial charge on any atom is 0.325 e. The highest BCUT2D eigenvalue weighted by atomic mass is 35.5. The van der Waals surface area contributed by atoms with Crippen LogP contribution in [0.25, 0.3) is 21.1 Å². The van der Waals surface area contributed by atoms with Crippen molar-refractivity contribution in [3.05, 3.63) is 59.9 Å². The summed E-state index contributed by atoms with van der Waals surface area (Å²) in [7, 11) is 5.33. The number of halogens is 1. The molecule has 1 aliphatic rings. The summed E-state index contributed by atoms with van der Waals surface area (Å²) >= 11 is 7.52. The van der Waals surface area contributed by atoms with E-state index in [0.29, 0.717) is 45.5 Å². The van der Waals surface area contributed by atoms with Gasteiger partial charge in [0, 0.05) is 55.6 Å². The predicted octanol–water partition coefficient (Wildman–Crippen LogP) is 6.31. The van der Waals surface area contributed by atoms with Crippen LogP contribution in [0.2, 0.25) is 5.02 Å². The number of hydrogen-bond acceptors (Lipinski definition) is 11. The van der Waals surface area contributed by atoms with E-state index in [0.717, 1.165) is 66.0 Å². The molecule has 2 aromatic heterocycles. The molecule has 5 aromatic rings. The number of carbonyl (C=O) groups excluding carboxylic acids is 1. The summed E-state index contributed by atoms with van der Waals surface area (Å²) in [5, 5.41) is 10.6. The van der Waals surface area contributed by atoms with Crippen molar-refractivity contribution >= 4 is 72.4 Å². The van der Waals surface area contributed by atoms with E-state index in [1.54, 1.807) is 25.3 Å². The number of benzene rings is 3. The highest BCUT2D eigenvalue weighted by Crippen LogP contribution is 2.36. The van der Waals surface area contributed by atoms with Crippen LogP contribution < -0.4 is 30.2 Å². The lowest BCUT2D eigenvalue weighted by molar-refractivity contribution is 0.145. The number of fused-ring (bicyclic) bond motifs is 2. The van der Waals surface area contributed by atoms with E-state index >= 15 is 0 Å². The van der Waals surface area contributed by atoms with Crippen LogP contribution in [0, 0.1) is 0 Å². The number of nitrogens with zero attached hydrogens (tertiary/aromatic N) is 5. The summed E-state index contributed by atoms with van der Waals surface area (Å²) in [5.41, 5.74) is 2.83. The lowest BCUT2D eigenvalue weighted by Gasteiger charge is -2.32. The summed E-state index contributed by atoms with van der Waals surface area (Å²) in [4.78, 5) is 31.0. The van der Waals surface area contributed by atoms with Crippen molar-refractivity contribution in [1.82, 2.24) is 24.8 Å². The SMILES string of the molecule is COc1ccc(NC(=O)Nc2nc3ccc(Nc4ncnc5cc(OCCCN6CCN(C)CC6)c(OC)cc45)cc3s2)cc1Cl. The Morgan fingerprint density at radius 1 is 0.913 bits per heavy atom. The molecule has 0 aliphatic carbocycles. The van der Waals surface area contributed by atoms with Crippen molar-refractivity contribution in [2.24, 2.45) is 0 Å². The average Bonchev–Trinajstić information content (AvgIpc) is 3.45. The molecule has 0 saturated carbocycles.